The summed E-state index contributed by atoms with van der Waals surface area (Å²) in [6.07, 6.45) is 8.91. The second-order valence-electron chi connectivity index (χ2n) is 6.24. The molecule has 1 saturated heterocycles. The lowest BCUT2D eigenvalue weighted by Gasteiger charge is -2.45. The van der Waals surface area contributed by atoms with E-state index in [1.807, 2.05) is 13.1 Å². The van der Waals surface area contributed by atoms with Gasteiger partial charge in [0.05, 0.1) is 12.6 Å². The molecule has 0 aromatic carbocycles. The minimum atomic E-state index is 0.0536. The molecule has 4 heterocycles. The van der Waals surface area contributed by atoms with Crippen molar-refractivity contribution in [3.63, 3.8) is 0 Å². The molecular weight excluding hydrogens is 292 g/mol. The largest absolute Gasteiger partial charge is 0.379 e. The third-order valence-corrected chi connectivity index (χ3v) is 4.71. The zero-order valence-corrected chi connectivity index (χ0v) is 13.2. The lowest BCUT2D eigenvalue weighted by molar-refractivity contribution is 0.0224. The number of nitrogens with one attached hydrogen (secondary N) is 2. The number of nitrogens with zero attached hydrogens (tertiary/aromatic N) is 3. The Hall–Kier alpha value is -2.28. The van der Waals surface area contributed by atoms with Crippen molar-refractivity contribution in [1.29, 1.82) is 0 Å². The predicted octanol–water partition coefficient (Wildman–Crippen LogP) is 1.15. The van der Waals surface area contributed by atoms with Crippen molar-refractivity contribution in [2.24, 2.45) is 10.7 Å². The monoisotopic (exact) mass is 314 g/mol. The molecular formula is C16H22N6O. The molecule has 4 rings (SSSR count). The van der Waals surface area contributed by atoms with Gasteiger partial charge >= 0.3 is 0 Å². The Balaban J connectivity index is 1.74. The van der Waals surface area contributed by atoms with Crippen molar-refractivity contribution < 1.29 is 4.74 Å². The summed E-state index contributed by atoms with van der Waals surface area (Å²) in [6, 6.07) is 0.334. The van der Waals surface area contributed by atoms with Crippen LogP contribution >= 0.6 is 0 Å². The van der Waals surface area contributed by atoms with Crippen molar-refractivity contribution in [1.82, 2.24) is 20.2 Å². The van der Waals surface area contributed by atoms with E-state index in [2.05, 4.69) is 31.4 Å². The Bertz CT molecular complexity index is 669. The summed E-state index contributed by atoms with van der Waals surface area (Å²) < 4.78 is 5.69. The zero-order valence-electron chi connectivity index (χ0n) is 13.2. The maximum absolute atomic E-state index is 5.96. The third-order valence-electron chi connectivity index (χ3n) is 4.71. The summed E-state index contributed by atoms with van der Waals surface area (Å²) in [6.45, 7) is 3.61. The summed E-state index contributed by atoms with van der Waals surface area (Å²) in [7, 11) is 0. The number of aliphatic imine (C=N–C) groups is 1. The first-order chi connectivity index (χ1) is 11.2. The highest BCUT2D eigenvalue weighted by Gasteiger charge is 2.35. The Kier molecular flexibility index (Phi) is 3.57. The fraction of sp³-hybridized carbons (Fsp3) is 0.500. The second-order valence-corrected chi connectivity index (χ2v) is 6.24. The van der Waals surface area contributed by atoms with Crippen LogP contribution in [-0.2, 0) is 4.74 Å². The van der Waals surface area contributed by atoms with Crippen LogP contribution in [-0.4, -0.2) is 46.2 Å². The number of H-pyrrole nitrogens is 1. The normalized spacial score (nSPS) is 28.0. The molecule has 1 aromatic rings. The lowest BCUT2D eigenvalue weighted by Crippen LogP contribution is -2.57. The SMILES string of the molecule is CC1=C2CC(c3ncc[nH]3)=CN([C@H]3CCCOC3)C2NC(N)=N1. The van der Waals surface area contributed by atoms with Crippen molar-refractivity contribution >= 4 is 11.5 Å². The van der Waals surface area contributed by atoms with Crippen molar-refractivity contribution in [3.8, 4) is 0 Å². The van der Waals surface area contributed by atoms with Crippen molar-refractivity contribution in [2.75, 3.05) is 13.2 Å². The molecule has 0 amide bonds. The fourth-order valence-electron chi connectivity index (χ4n) is 3.56. The minimum Gasteiger partial charge on any atom is -0.379 e. The van der Waals surface area contributed by atoms with E-state index in [9.17, 15) is 0 Å². The molecule has 1 fully saturated rings. The molecule has 0 saturated carbocycles. The first kappa shape index (κ1) is 14.3. The van der Waals surface area contributed by atoms with E-state index in [1.54, 1.807) is 6.20 Å². The zero-order chi connectivity index (χ0) is 15.8. The molecule has 7 heteroatoms. The number of imidazole rings is 1. The molecule has 1 unspecified atom stereocenters. The number of fused-ring (bicyclic) bond motifs is 1. The summed E-state index contributed by atoms with van der Waals surface area (Å²) in [5.74, 6) is 1.39. The molecule has 23 heavy (non-hydrogen) atoms. The Morgan fingerprint density at radius 3 is 3.09 bits per heavy atom. The molecule has 3 aliphatic rings. The van der Waals surface area contributed by atoms with Crippen LogP contribution in [0.15, 0.2) is 34.9 Å². The van der Waals surface area contributed by atoms with Gasteiger partial charge in [-0.2, -0.15) is 0 Å². The van der Waals surface area contributed by atoms with Gasteiger partial charge in [0.2, 0.25) is 0 Å². The van der Waals surface area contributed by atoms with Crippen LogP contribution in [0.25, 0.3) is 5.57 Å². The van der Waals surface area contributed by atoms with Crippen LogP contribution in [0.5, 0.6) is 0 Å². The van der Waals surface area contributed by atoms with Gasteiger partial charge in [0, 0.05) is 42.9 Å². The average Bonchev–Trinajstić information content (AvgIpc) is 3.09. The lowest BCUT2D eigenvalue weighted by atomic mass is 9.93. The molecule has 4 N–H and O–H groups in total. The second kappa shape index (κ2) is 5.73. The average molecular weight is 314 g/mol. The number of rotatable bonds is 2. The van der Waals surface area contributed by atoms with E-state index in [-0.39, 0.29) is 6.17 Å². The Labute approximate surface area is 135 Å². The van der Waals surface area contributed by atoms with Gasteiger partial charge < -0.3 is 25.7 Å². The van der Waals surface area contributed by atoms with Gasteiger partial charge in [0.15, 0.2) is 5.96 Å². The number of hydrogen-bond donors (Lipinski definition) is 3. The number of aromatic amines is 1. The van der Waals surface area contributed by atoms with E-state index >= 15 is 0 Å². The van der Waals surface area contributed by atoms with Gasteiger partial charge in [-0.05, 0) is 25.3 Å². The maximum Gasteiger partial charge on any atom is 0.195 e. The van der Waals surface area contributed by atoms with Crippen LogP contribution in [0.4, 0.5) is 0 Å². The van der Waals surface area contributed by atoms with E-state index in [0.717, 1.165) is 44.0 Å². The van der Waals surface area contributed by atoms with E-state index < -0.39 is 0 Å². The van der Waals surface area contributed by atoms with Gasteiger partial charge in [-0.25, -0.2) is 9.98 Å². The van der Waals surface area contributed by atoms with Crippen LogP contribution in [0.2, 0.25) is 0 Å². The van der Waals surface area contributed by atoms with Gasteiger partial charge in [0.25, 0.3) is 0 Å². The number of aromatic nitrogens is 2. The Morgan fingerprint density at radius 2 is 2.35 bits per heavy atom. The van der Waals surface area contributed by atoms with Crippen LogP contribution in [0.1, 0.15) is 32.0 Å². The highest BCUT2D eigenvalue weighted by atomic mass is 16.5. The number of hydrogen-bond acceptors (Lipinski definition) is 6. The molecule has 0 bridgehead atoms. The first-order valence-electron chi connectivity index (χ1n) is 8.08. The molecule has 0 spiro atoms. The summed E-state index contributed by atoms with van der Waals surface area (Å²) in [4.78, 5) is 14.4. The number of allylic oxidation sites excluding steroid dienone is 2. The van der Waals surface area contributed by atoms with Gasteiger partial charge in [-0.3, -0.25) is 0 Å². The predicted molar refractivity (Wildman–Crippen MR) is 88.1 cm³/mol. The number of guanidine groups is 1. The molecule has 2 atom stereocenters. The topological polar surface area (TPSA) is 91.6 Å². The molecule has 3 aliphatic heterocycles. The van der Waals surface area contributed by atoms with Gasteiger partial charge in [-0.15, -0.1) is 0 Å². The van der Waals surface area contributed by atoms with Crippen LogP contribution in [0.3, 0.4) is 0 Å². The van der Waals surface area contributed by atoms with Crippen LogP contribution in [0, 0.1) is 0 Å². The maximum atomic E-state index is 5.96. The molecule has 7 nitrogen and oxygen atoms in total. The third kappa shape index (κ3) is 2.61. The molecule has 122 valence electrons. The smallest absolute Gasteiger partial charge is 0.195 e. The molecule has 1 aromatic heterocycles. The van der Waals surface area contributed by atoms with E-state index in [4.69, 9.17) is 10.5 Å². The van der Waals surface area contributed by atoms with E-state index in [0.29, 0.717) is 12.0 Å². The quantitative estimate of drug-likeness (QED) is 0.762. The minimum absolute atomic E-state index is 0.0536. The highest BCUT2D eigenvalue weighted by molar-refractivity contribution is 5.81. The van der Waals surface area contributed by atoms with Crippen LogP contribution < -0.4 is 11.1 Å². The molecule has 0 radical (unpaired) electrons. The van der Waals surface area contributed by atoms with Crippen molar-refractivity contribution in [3.05, 3.63) is 35.7 Å². The van der Waals surface area contributed by atoms with Gasteiger partial charge in [0.1, 0.15) is 12.0 Å². The molecule has 0 aliphatic carbocycles. The van der Waals surface area contributed by atoms with Gasteiger partial charge in [-0.1, -0.05) is 0 Å². The summed E-state index contributed by atoms with van der Waals surface area (Å²) in [5, 5.41) is 3.33. The highest BCUT2D eigenvalue weighted by Crippen LogP contribution is 2.35. The van der Waals surface area contributed by atoms with Crippen molar-refractivity contribution in [2.45, 2.75) is 38.4 Å². The standard InChI is InChI=1S/C16H22N6O/c1-10-13-7-11(14-18-4-5-19-14)8-22(12-3-2-6-23-9-12)15(13)21-16(17)20-10/h4-5,8,12,15H,2-3,6-7,9H2,1H3,(H,18,19)(H3,17,20,21)/t12-,15?/m0/s1. The van der Waals surface area contributed by atoms with E-state index in [1.165, 1.54) is 11.1 Å². The number of nitrogens with two attached hydrogens (primary N) is 1. The summed E-state index contributed by atoms with van der Waals surface area (Å²) >= 11 is 0. The Morgan fingerprint density at radius 1 is 1.43 bits per heavy atom. The number of ether oxygens (including phenoxy) is 1. The summed E-state index contributed by atoms with van der Waals surface area (Å²) in [5.41, 5.74) is 9.37. The fourth-order valence-corrected chi connectivity index (χ4v) is 3.56. The first-order valence-corrected chi connectivity index (χ1v) is 8.08.